The van der Waals surface area contributed by atoms with Gasteiger partial charge in [-0.05, 0) is 40.5 Å². The number of hydrogen-bond donors (Lipinski definition) is 4. The molecule has 9 heteroatoms. The summed E-state index contributed by atoms with van der Waals surface area (Å²) >= 11 is 0. The van der Waals surface area contributed by atoms with Crippen molar-refractivity contribution in [3.05, 3.63) is 39.8 Å². The van der Waals surface area contributed by atoms with Crippen LogP contribution in [0.4, 0.5) is 0 Å². The smallest absolute Gasteiger partial charge is 0.303 e. The lowest BCUT2D eigenvalue weighted by Gasteiger charge is -2.29. The van der Waals surface area contributed by atoms with E-state index in [-0.39, 0.29) is 45.9 Å². The maximum Gasteiger partial charge on any atom is 0.303 e. The predicted octanol–water partition coefficient (Wildman–Crippen LogP) is 2.41. The normalized spacial score (nSPS) is 20.8. The first-order chi connectivity index (χ1) is 14.9. The second-order valence-electron chi connectivity index (χ2n) is 8.16. The molecule has 0 amide bonds. The zero-order valence-corrected chi connectivity index (χ0v) is 18.3. The Morgan fingerprint density at radius 3 is 2.38 bits per heavy atom. The van der Waals surface area contributed by atoms with Crippen LogP contribution >= 0.6 is 0 Å². The molecule has 1 aromatic carbocycles. The fourth-order valence-electron chi connectivity index (χ4n) is 4.13. The largest absolute Gasteiger partial charge is 0.507 e. The molecule has 1 atom stereocenters. The predicted molar refractivity (Wildman–Crippen MR) is 113 cm³/mol. The highest BCUT2D eigenvalue weighted by Gasteiger charge is 2.56. The first-order valence-electron chi connectivity index (χ1n) is 10.2. The van der Waals surface area contributed by atoms with Crippen molar-refractivity contribution >= 4 is 23.3 Å². The Hall–Kier alpha value is -3.62. The van der Waals surface area contributed by atoms with Crippen LogP contribution in [0.15, 0.2) is 23.1 Å². The van der Waals surface area contributed by atoms with E-state index in [4.69, 9.17) is 9.84 Å². The molecule has 1 heterocycles. The highest BCUT2D eigenvalue weighted by molar-refractivity contribution is 6.31. The van der Waals surface area contributed by atoms with Crippen molar-refractivity contribution in [2.24, 2.45) is 0 Å². The lowest BCUT2D eigenvalue weighted by atomic mass is 9.70. The monoisotopic (exact) mass is 443 g/mol. The molecule has 9 nitrogen and oxygen atoms in total. The average Bonchev–Trinajstić information content (AvgIpc) is 2.99. The molecule has 0 saturated heterocycles. The van der Waals surface area contributed by atoms with E-state index in [1.54, 1.807) is 6.92 Å². The summed E-state index contributed by atoms with van der Waals surface area (Å²) in [5, 5.41) is 32.8. The molecule has 3 rings (SSSR count). The van der Waals surface area contributed by atoms with Gasteiger partial charge >= 0.3 is 5.97 Å². The number of rotatable bonds is 7. The molecule has 0 saturated carbocycles. The van der Waals surface area contributed by atoms with E-state index in [1.807, 2.05) is 0 Å². The minimum Gasteiger partial charge on any atom is -0.507 e. The number of ether oxygens (including phenoxy) is 1. The number of nitrogens with one attached hydrogen (secondary N) is 1. The number of carbonyl (C=O) groups excluding carboxylic acids is 3. The molecule has 0 aromatic heterocycles. The standard InChI is InChI=1S/C23H25NO8/c1-10-19(29)17(12(3)25)21-18(20(10)30)23(4)14(32-21)9-13(26)16(22(23)31)11(2)24-8-6-5-7-15(27)28/h9,24,29-30H,5-8H2,1-4H3,(H,27,28)/b16-11+. The Kier molecular flexibility index (Phi) is 5.86. The fourth-order valence-corrected chi connectivity index (χ4v) is 4.13. The number of hydrogen-bond acceptors (Lipinski definition) is 8. The summed E-state index contributed by atoms with van der Waals surface area (Å²) < 4.78 is 5.71. The SMILES string of the molecule is CC(=O)c1c(O)c(C)c(O)c2c1OC1=CC(=O)/C(=C(/C)NCCCCC(=O)O)C(=O)C12C. The summed E-state index contributed by atoms with van der Waals surface area (Å²) in [5.74, 6) is -3.58. The van der Waals surface area contributed by atoms with Gasteiger partial charge < -0.3 is 25.4 Å². The number of Topliss-reactive ketones (excluding diaryl/α,β-unsaturated/α-hetero) is 2. The Labute approximate surface area is 184 Å². The van der Waals surface area contributed by atoms with E-state index in [1.165, 1.54) is 20.8 Å². The Balaban J connectivity index is 2.05. The number of ketones is 3. The van der Waals surface area contributed by atoms with Crippen LogP contribution in [0.1, 0.15) is 61.5 Å². The molecule has 170 valence electrons. The summed E-state index contributed by atoms with van der Waals surface area (Å²) in [7, 11) is 0. The van der Waals surface area contributed by atoms with Crippen LogP contribution in [0.5, 0.6) is 17.2 Å². The summed E-state index contributed by atoms with van der Waals surface area (Å²) in [6, 6.07) is 0. The Morgan fingerprint density at radius 1 is 1.12 bits per heavy atom. The van der Waals surface area contributed by atoms with Crippen LogP contribution in [0.2, 0.25) is 0 Å². The third kappa shape index (κ3) is 3.43. The van der Waals surface area contributed by atoms with E-state index in [0.29, 0.717) is 25.1 Å². The van der Waals surface area contributed by atoms with Gasteiger partial charge in [0.2, 0.25) is 0 Å². The molecule has 0 fully saturated rings. The van der Waals surface area contributed by atoms with Gasteiger partial charge in [-0.3, -0.25) is 19.2 Å². The fraction of sp³-hybridized carbons (Fsp3) is 0.391. The van der Waals surface area contributed by atoms with Gasteiger partial charge in [-0.15, -0.1) is 0 Å². The number of carboxylic acid groups (broad SMARTS) is 1. The number of aromatic hydroxyl groups is 2. The molecule has 0 spiro atoms. The molecule has 1 aliphatic heterocycles. The van der Waals surface area contributed by atoms with Crippen LogP contribution in [0, 0.1) is 6.92 Å². The number of carboxylic acids is 1. The van der Waals surface area contributed by atoms with Crippen molar-refractivity contribution < 1.29 is 39.2 Å². The Morgan fingerprint density at radius 2 is 1.78 bits per heavy atom. The van der Waals surface area contributed by atoms with Crippen molar-refractivity contribution in [1.29, 1.82) is 0 Å². The molecule has 1 unspecified atom stereocenters. The van der Waals surface area contributed by atoms with Crippen molar-refractivity contribution in [1.82, 2.24) is 5.32 Å². The van der Waals surface area contributed by atoms with Gasteiger partial charge in [-0.25, -0.2) is 0 Å². The number of benzene rings is 1. The molecule has 0 radical (unpaired) electrons. The molecule has 32 heavy (non-hydrogen) atoms. The molecular formula is C23H25NO8. The van der Waals surface area contributed by atoms with Crippen LogP contribution < -0.4 is 10.1 Å². The second-order valence-corrected chi connectivity index (χ2v) is 8.16. The lowest BCUT2D eigenvalue weighted by Crippen LogP contribution is -2.41. The van der Waals surface area contributed by atoms with Gasteiger partial charge in [-0.1, -0.05) is 0 Å². The zero-order chi connectivity index (χ0) is 24.0. The highest BCUT2D eigenvalue weighted by Crippen LogP contribution is 2.57. The number of fused-ring (bicyclic) bond motifs is 3. The maximum absolute atomic E-state index is 13.6. The van der Waals surface area contributed by atoms with Gasteiger partial charge in [0.1, 0.15) is 34.0 Å². The van der Waals surface area contributed by atoms with Gasteiger partial charge in [0.25, 0.3) is 0 Å². The van der Waals surface area contributed by atoms with Gasteiger partial charge in [0.05, 0.1) is 11.1 Å². The van der Waals surface area contributed by atoms with E-state index in [0.717, 1.165) is 6.08 Å². The van der Waals surface area contributed by atoms with Crippen molar-refractivity contribution in [3.63, 3.8) is 0 Å². The summed E-state index contributed by atoms with van der Waals surface area (Å²) in [4.78, 5) is 49.1. The number of phenolic OH excluding ortho intramolecular Hbond substituents is 2. The Bertz CT molecular complexity index is 1130. The molecular weight excluding hydrogens is 418 g/mol. The maximum atomic E-state index is 13.6. The van der Waals surface area contributed by atoms with E-state index in [9.17, 15) is 29.4 Å². The first-order valence-corrected chi connectivity index (χ1v) is 10.2. The average molecular weight is 443 g/mol. The molecule has 2 aliphatic rings. The van der Waals surface area contributed by atoms with Crippen molar-refractivity contribution in [2.45, 2.75) is 52.4 Å². The van der Waals surface area contributed by atoms with Crippen LogP contribution in [-0.4, -0.2) is 45.2 Å². The number of unbranched alkanes of at least 4 members (excludes halogenated alkanes) is 1. The zero-order valence-electron chi connectivity index (χ0n) is 18.3. The quantitative estimate of drug-likeness (QED) is 0.216. The topological polar surface area (TPSA) is 150 Å². The van der Waals surface area contributed by atoms with Gasteiger partial charge in [0.15, 0.2) is 17.3 Å². The number of phenols is 2. The molecule has 0 bridgehead atoms. The van der Waals surface area contributed by atoms with Crippen molar-refractivity contribution in [2.75, 3.05) is 6.54 Å². The summed E-state index contributed by atoms with van der Waals surface area (Å²) in [6.45, 7) is 6.09. The van der Waals surface area contributed by atoms with E-state index < -0.39 is 34.5 Å². The third-order valence-corrected chi connectivity index (χ3v) is 5.97. The second kappa shape index (κ2) is 8.14. The van der Waals surface area contributed by atoms with Crippen LogP contribution in [0.25, 0.3) is 0 Å². The molecule has 1 aromatic rings. The van der Waals surface area contributed by atoms with Crippen molar-refractivity contribution in [3.8, 4) is 17.2 Å². The number of carbonyl (C=O) groups is 4. The molecule has 1 aliphatic carbocycles. The third-order valence-electron chi connectivity index (χ3n) is 5.97. The van der Waals surface area contributed by atoms with Gasteiger partial charge in [0, 0.05) is 30.3 Å². The minimum absolute atomic E-state index is 0.0247. The summed E-state index contributed by atoms with van der Waals surface area (Å²) in [5.41, 5.74) is -1.44. The highest BCUT2D eigenvalue weighted by atomic mass is 16.5. The van der Waals surface area contributed by atoms with Gasteiger partial charge in [-0.2, -0.15) is 0 Å². The van der Waals surface area contributed by atoms with Crippen LogP contribution in [-0.2, 0) is 19.8 Å². The minimum atomic E-state index is -1.56. The lowest BCUT2D eigenvalue weighted by molar-refractivity contribution is -0.137. The first kappa shape index (κ1) is 23.1. The van der Waals surface area contributed by atoms with E-state index >= 15 is 0 Å². The van der Waals surface area contributed by atoms with Crippen LogP contribution in [0.3, 0.4) is 0 Å². The molecule has 4 N–H and O–H groups in total. The summed E-state index contributed by atoms with van der Waals surface area (Å²) in [6.07, 6.45) is 2.16. The number of aliphatic carboxylic acids is 1. The van der Waals surface area contributed by atoms with E-state index in [2.05, 4.69) is 5.32 Å². The number of allylic oxidation sites excluding steroid dienone is 4.